The number of hydrogen-bond donors (Lipinski definition) is 3. The number of aromatic amines is 1. The summed E-state index contributed by atoms with van der Waals surface area (Å²) in [7, 11) is 0. The summed E-state index contributed by atoms with van der Waals surface area (Å²) in [6, 6.07) is -0.863. The van der Waals surface area contributed by atoms with Crippen LogP contribution >= 0.6 is 0 Å². The monoisotopic (exact) mass is 361 g/mol. The molecule has 0 aromatic carbocycles. The molecule has 1 unspecified atom stereocenters. The predicted octanol–water partition coefficient (Wildman–Crippen LogP) is 2.97. The fraction of sp³-hybridized carbons (Fsp3) is 0.722. The Morgan fingerprint density at radius 1 is 1.16 bits per heavy atom. The summed E-state index contributed by atoms with van der Waals surface area (Å²) < 4.78 is 0.480. The average Bonchev–Trinajstić information content (AvgIpc) is 3.06. The first-order valence-corrected chi connectivity index (χ1v) is 10.4. The van der Waals surface area contributed by atoms with Crippen molar-refractivity contribution in [1.82, 2.24) is 9.97 Å². The van der Waals surface area contributed by atoms with Gasteiger partial charge in [0.25, 0.3) is 0 Å². The fourth-order valence-electron chi connectivity index (χ4n) is 2.40. The maximum atomic E-state index is 10.7. The Balaban J connectivity index is 0.000000472. The number of nitrogens with two attached hydrogens (primary N) is 1. The van der Waals surface area contributed by atoms with Crippen LogP contribution in [0, 0.1) is 0 Å². The molecule has 0 fully saturated rings. The number of rotatable bonds is 13. The molecule has 1 aromatic heterocycles. The topological polar surface area (TPSA) is 109 Å². The van der Waals surface area contributed by atoms with Gasteiger partial charge in [-0.15, -0.1) is 0 Å². The number of nitrogens with one attached hydrogen (secondary N) is 1. The molecule has 1 rings (SSSR count). The summed E-state index contributed by atoms with van der Waals surface area (Å²) in [6.07, 6.45) is 16.3. The molecule has 138 valence electrons. The minimum Gasteiger partial charge on any atom is -0.480 e. The van der Waals surface area contributed by atoms with Crippen LogP contribution in [0.25, 0.3) is 0 Å². The number of nitrogens with zero attached hydrogens (tertiary/aromatic N) is 1. The number of aromatic nitrogens is 2. The summed E-state index contributed by atoms with van der Waals surface area (Å²) in [5.41, 5.74) is 5.92. The number of H-pyrrole nitrogens is 1. The number of carboxylic acids is 1. The number of carboxylic acid groups (broad SMARTS) is 1. The molecular weight excluding hydrogens is 329 g/mol. The Kier molecular flexibility index (Phi) is 16.3. The maximum absolute atomic E-state index is 10.7. The molecule has 4 N–H and O–H groups in total. The van der Waals surface area contributed by atoms with Gasteiger partial charge in [-0.05, 0) is 0 Å². The first kappa shape index (κ1) is 24.3. The van der Waals surface area contributed by atoms with Crippen LogP contribution in [0.2, 0.25) is 0 Å². The van der Waals surface area contributed by atoms with Gasteiger partial charge in [-0.2, -0.15) is 0 Å². The van der Waals surface area contributed by atoms with Crippen molar-refractivity contribution >= 4 is 36.9 Å². The third-order valence-electron chi connectivity index (χ3n) is 3.93. The van der Waals surface area contributed by atoms with Crippen molar-refractivity contribution in [2.24, 2.45) is 5.73 Å². The third-order valence-corrected chi connectivity index (χ3v) is 4.43. The van der Waals surface area contributed by atoms with Gasteiger partial charge in [0.15, 0.2) is 0 Å². The van der Waals surface area contributed by atoms with E-state index in [0.717, 1.165) is 40.8 Å². The molecule has 0 aliphatic heterocycles. The summed E-state index contributed by atoms with van der Waals surface area (Å²) >= 11 is 0.751. The van der Waals surface area contributed by atoms with E-state index in [4.69, 9.17) is 10.8 Å². The van der Waals surface area contributed by atoms with Crippen molar-refractivity contribution in [3.63, 3.8) is 0 Å². The van der Waals surface area contributed by atoms with Crippen molar-refractivity contribution < 1.29 is 14.7 Å². The molecule has 1 aromatic rings. The van der Waals surface area contributed by atoms with E-state index in [2.05, 4.69) is 16.9 Å². The Hall–Kier alpha value is -0.690. The number of aliphatic carboxylic acids is 1. The van der Waals surface area contributed by atoms with Crippen LogP contribution in [-0.4, -0.2) is 58.0 Å². The molecule has 1 atom stereocenters. The van der Waals surface area contributed by atoms with Crippen LogP contribution in [0.5, 0.6) is 0 Å². The zero-order valence-electron chi connectivity index (χ0n) is 15.8. The van der Waals surface area contributed by atoms with Crippen molar-refractivity contribution in [3.05, 3.63) is 18.2 Å². The number of carbonyl (C=O) groups is 2. The van der Waals surface area contributed by atoms with E-state index >= 15 is 0 Å². The molecule has 0 spiro atoms. The summed E-state index contributed by atoms with van der Waals surface area (Å²) in [6.45, 7) is 2.26. The number of imidazole rings is 1. The summed E-state index contributed by atoms with van der Waals surface area (Å²) in [5.74, 6) is -1.01. The minimum atomic E-state index is -1.01. The van der Waals surface area contributed by atoms with E-state index in [1.807, 2.05) is 0 Å². The molecule has 0 saturated carbocycles. The molecule has 0 bridgehead atoms. The normalized spacial score (nSPS) is 11.5. The first-order valence-electron chi connectivity index (χ1n) is 9.42. The van der Waals surface area contributed by atoms with E-state index < -0.39 is 12.0 Å². The molecule has 0 radical (unpaired) electrons. The standard InChI is InChI=1S/C12H23O.C6H9N3O2.Na/c1-2-3-4-5-6-7-8-9-10-11-12-13;7-5(6(10)11)1-4-2-8-3-9-4;/h2-11H2,1H3;2-3,5H,1,7H2,(H,8,9)(H,10,11);. The van der Waals surface area contributed by atoms with Gasteiger partial charge in [0.2, 0.25) is 0 Å². The molecule has 0 aliphatic carbocycles. The van der Waals surface area contributed by atoms with Gasteiger partial charge in [0.05, 0.1) is 12.0 Å². The Bertz CT molecular complexity index is 452. The van der Waals surface area contributed by atoms with Crippen LogP contribution in [0.15, 0.2) is 12.5 Å². The maximum Gasteiger partial charge on any atom is 0.320 e. The second kappa shape index (κ2) is 16.8. The number of unbranched alkanes of at least 4 members (excludes halogenated alkanes) is 8. The first-order chi connectivity index (χ1) is 12.0. The van der Waals surface area contributed by atoms with Crippen LogP contribution in [0.4, 0.5) is 0 Å². The van der Waals surface area contributed by atoms with Gasteiger partial charge in [-0.25, -0.2) is 4.98 Å². The second-order valence-electron chi connectivity index (χ2n) is 6.49. The zero-order chi connectivity index (χ0) is 18.9. The minimum absolute atomic E-state index is 0.263. The molecule has 0 aliphatic rings. The van der Waals surface area contributed by atoms with Gasteiger partial charge < -0.3 is 15.8 Å². The SMILES string of the molecule is CCCCCCCCCCC[C](=O)[Na].NC(Cc1c[nH]cn1)C(=O)O. The number of hydrogen-bond acceptors (Lipinski definition) is 4. The van der Waals surface area contributed by atoms with Crippen molar-refractivity contribution in [1.29, 1.82) is 0 Å². The molecule has 7 heteroatoms. The fourth-order valence-corrected chi connectivity index (χ4v) is 2.75. The van der Waals surface area contributed by atoms with Gasteiger partial charge in [-0.3, -0.25) is 4.79 Å². The van der Waals surface area contributed by atoms with Crippen LogP contribution < -0.4 is 5.73 Å². The van der Waals surface area contributed by atoms with E-state index in [1.165, 1.54) is 57.7 Å². The van der Waals surface area contributed by atoms with Gasteiger partial charge in [-0.1, -0.05) is 0 Å². The molecule has 25 heavy (non-hydrogen) atoms. The van der Waals surface area contributed by atoms with E-state index in [9.17, 15) is 9.59 Å². The van der Waals surface area contributed by atoms with E-state index in [-0.39, 0.29) is 6.42 Å². The summed E-state index contributed by atoms with van der Waals surface area (Å²) in [4.78, 5) is 27.5. The van der Waals surface area contributed by atoms with E-state index in [1.54, 1.807) is 6.20 Å². The molecule has 6 nitrogen and oxygen atoms in total. The smallest absolute Gasteiger partial charge is 0.320 e. The Labute approximate surface area is 168 Å². The van der Waals surface area contributed by atoms with Crippen molar-refractivity contribution in [3.8, 4) is 0 Å². The largest absolute Gasteiger partial charge is 0.480 e. The van der Waals surface area contributed by atoms with Crippen LogP contribution in [0.1, 0.15) is 76.8 Å². The molecular formula is C18H32N3NaO3. The van der Waals surface area contributed by atoms with Crippen LogP contribution in [-0.2, 0) is 16.0 Å². The molecule has 1 heterocycles. The van der Waals surface area contributed by atoms with Gasteiger partial charge in [0.1, 0.15) is 6.04 Å². The second-order valence-corrected chi connectivity index (χ2v) is 7.61. The average molecular weight is 361 g/mol. The van der Waals surface area contributed by atoms with Gasteiger partial charge >= 0.3 is 113 Å². The Morgan fingerprint density at radius 3 is 2.16 bits per heavy atom. The van der Waals surface area contributed by atoms with Crippen LogP contribution in [0.3, 0.4) is 0 Å². The third kappa shape index (κ3) is 16.5. The van der Waals surface area contributed by atoms with Crippen molar-refractivity contribution in [2.75, 3.05) is 0 Å². The van der Waals surface area contributed by atoms with Gasteiger partial charge in [0, 0.05) is 12.6 Å². The number of carbonyl (C=O) groups excluding carboxylic acids is 1. The molecule has 0 saturated heterocycles. The zero-order valence-corrected chi connectivity index (χ0v) is 17.8. The Morgan fingerprint density at radius 2 is 1.72 bits per heavy atom. The quantitative estimate of drug-likeness (QED) is 0.370. The van der Waals surface area contributed by atoms with E-state index in [0.29, 0.717) is 8.73 Å². The van der Waals surface area contributed by atoms with Crippen molar-refractivity contribution in [2.45, 2.75) is 83.6 Å². The predicted molar refractivity (Wildman–Crippen MR) is 101 cm³/mol. The molecule has 0 amide bonds. The summed E-state index contributed by atoms with van der Waals surface area (Å²) in [5, 5.41) is 8.42.